The van der Waals surface area contributed by atoms with Crippen molar-refractivity contribution in [2.75, 3.05) is 12.4 Å². The Labute approximate surface area is 193 Å². The first kappa shape index (κ1) is 25.4. The summed E-state index contributed by atoms with van der Waals surface area (Å²) in [7, 11) is 1.27. The lowest BCUT2D eigenvalue weighted by Crippen LogP contribution is -2.43. The van der Waals surface area contributed by atoms with Gasteiger partial charge in [0.05, 0.1) is 23.7 Å². The zero-order chi connectivity index (χ0) is 23.8. The number of aryl methyl sites for hydroxylation is 1. The van der Waals surface area contributed by atoms with Crippen molar-refractivity contribution in [3.63, 3.8) is 0 Å². The van der Waals surface area contributed by atoms with Gasteiger partial charge in [-0.05, 0) is 48.6 Å². The Hall–Kier alpha value is -2.90. The number of carbonyl (C=O) groups excluding carboxylic acids is 3. The number of esters is 1. The van der Waals surface area contributed by atoms with Crippen LogP contribution < -0.4 is 16.4 Å². The predicted molar refractivity (Wildman–Crippen MR) is 126 cm³/mol. The molecule has 8 heteroatoms. The molecule has 0 heterocycles. The van der Waals surface area contributed by atoms with Crippen molar-refractivity contribution < 1.29 is 19.1 Å². The van der Waals surface area contributed by atoms with Gasteiger partial charge in [-0.25, -0.2) is 4.79 Å². The van der Waals surface area contributed by atoms with Crippen molar-refractivity contribution >= 4 is 35.1 Å². The number of benzene rings is 2. The number of nitrogens with one attached hydrogen (secondary N) is 2. The lowest BCUT2D eigenvalue weighted by molar-refractivity contribution is -0.142. The third-order valence-electron chi connectivity index (χ3n) is 4.96. The predicted octanol–water partition coefficient (Wildman–Crippen LogP) is 3.47. The Kier molecular flexibility index (Phi) is 9.23. The van der Waals surface area contributed by atoms with Gasteiger partial charge in [0.15, 0.2) is 0 Å². The van der Waals surface area contributed by atoms with E-state index in [1.54, 1.807) is 49.4 Å². The van der Waals surface area contributed by atoms with Gasteiger partial charge in [0.1, 0.15) is 6.04 Å². The monoisotopic (exact) mass is 459 g/mol. The minimum Gasteiger partial charge on any atom is -0.467 e. The van der Waals surface area contributed by atoms with Crippen LogP contribution in [0.5, 0.6) is 0 Å². The highest BCUT2D eigenvalue weighted by Gasteiger charge is 2.24. The number of hydrogen-bond donors (Lipinski definition) is 3. The molecule has 0 aliphatic heterocycles. The molecule has 0 aliphatic carbocycles. The molecular weight excluding hydrogens is 430 g/mol. The highest BCUT2D eigenvalue weighted by molar-refractivity contribution is 6.34. The molecule has 0 radical (unpaired) electrons. The van der Waals surface area contributed by atoms with E-state index >= 15 is 0 Å². The van der Waals surface area contributed by atoms with Gasteiger partial charge in [0.25, 0.3) is 5.91 Å². The molecule has 7 nitrogen and oxygen atoms in total. The minimum atomic E-state index is -0.900. The van der Waals surface area contributed by atoms with Crippen molar-refractivity contribution in [1.29, 1.82) is 0 Å². The van der Waals surface area contributed by atoms with Gasteiger partial charge in [-0.3, -0.25) is 9.59 Å². The molecule has 0 bridgehead atoms. The van der Waals surface area contributed by atoms with Crippen LogP contribution in [0.2, 0.25) is 5.02 Å². The summed E-state index contributed by atoms with van der Waals surface area (Å²) in [6, 6.07) is 10.7. The Bertz CT molecular complexity index is 940. The van der Waals surface area contributed by atoms with Crippen molar-refractivity contribution in [3.8, 4) is 0 Å². The molecular formula is C24H30ClN3O4. The number of carbonyl (C=O) groups is 3. The first-order valence-corrected chi connectivity index (χ1v) is 10.8. The second-order valence-corrected chi connectivity index (χ2v) is 8.51. The molecule has 2 aromatic rings. The molecule has 0 saturated carbocycles. The van der Waals surface area contributed by atoms with Crippen LogP contribution in [-0.4, -0.2) is 37.0 Å². The summed E-state index contributed by atoms with van der Waals surface area (Å²) in [5.41, 5.74) is 8.31. The number of ether oxygens (including phenoxy) is 1. The lowest BCUT2D eigenvalue weighted by Gasteiger charge is -2.18. The van der Waals surface area contributed by atoms with E-state index in [0.717, 1.165) is 5.56 Å². The number of methoxy groups -OCH3 is 1. The van der Waals surface area contributed by atoms with E-state index < -0.39 is 24.0 Å². The zero-order valence-corrected chi connectivity index (χ0v) is 19.5. The van der Waals surface area contributed by atoms with Crippen LogP contribution in [0.25, 0.3) is 0 Å². The SMILES string of the molecule is COC(=O)[C@H](Cc1ccc(NC(=O)[C@H](N)CC(C)C)cc1)NC(=O)c1c(C)cccc1Cl. The fraction of sp³-hybridized carbons (Fsp3) is 0.375. The van der Waals surface area contributed by atoms with Gasteiger partial charge >= 0.3 is 5.97 Å². The average Bonchev–Trinajstić information content (AvgIpc) is 2.73. The van der Waals surface area contributed by atoms with Crippen LogP contribution in [0.3, 0.4) is 0 Å². The van der Waals surface area contributed by atoms with E-state index in [4.69, 9.17) is 22.1 Å². The van der Waals surface area contributed by atoms with Gasteiger partial charge in [-0.2, -0.15) is 0 Å². The van der Waals surface area contributed by atoms with E-state index in [0.29, 0.717) is 34.2 Å². The fourth-order valence-electron chi connectivity index (χ4n) is 3.30. The molecule has 0 spiro atoms. The summed E-state index contributed by atoms with van der Waals surface area (Å²) in [6.45, 7) is 5.78. The van der Waals surface area contributed by atoms with E-state index in [1.807, 2.05) is 13.8 Å². The van der Waals surface area contributed by atoms with Crippen LogP contribution in [0.1, 0.15) is 41.8 Å². The summed E-state index contributed by atoms with van der Waals surface area (Å²) in [5, 5.41) is 5.80. The average molecular weight is 460 g/mol. The van der Waals surface area contributed by atoms with E-state index in [-0.39, 0.29) is 12.3 Å². The minimum absolute atomic E-state index is 0.211. The standard InChI is InChI=1S/C24H30ClN3O4/c1-14(2)12-19(26)22(29)27-17-10-8-16(9-11-17)13-20(24(31)32-4)28-23(30)21-15(3)6-5-7-18(21)25/h5-11,14,19-20H,12-13,26H2,1-4H3,(H,27,29)(H,28,30)/t19-,20+/m1/s1. The summed E-state index contributed by atoms with van der Waals surface area (Å²) < 4.78 is 4.86. The van der Waals surface area contributed by atoms with Crippen molar-refractivity contribution in [2.24, 2.45) is 11.7 Å². The van der Waals surface area contributed by atoms with Crippen LogP contribution in [0.4, 0.5) is 5.69 Å². The van der Waals surface area contributed by atoms with Gasteiger partial charge in [-0.15, -0.1) is 0 Å². The summed E-state index contributed by atoms with van der Waals surface area (Å²) in [6.07, 6.45) is 0.804. The maximum absolute atomic E-state index is 12.8. The molecule has 2 atom stereocenters. The number of anilines is 1. The lowest BCUT2D eigenvalue weighted by atomic mass is 10.0. The quantitative estimate of drug-likeness (QED) is 0.497. The Morgan fingerprint density at radius 2 is 1.75 bits per heavy atom. The molecule has 2 aromatic carbocycles. The summed E-state index contributed by atoms with van der Waals surface area (Å²) >= 11 is 6.17. The molecule has 2 amide bonds. The maximum atomic E-state index is 12.8. The van der Waals surface area contributed by atoms with Gasteiger partial charge in [-0.1, -0.05) is 49.7 Å². The number of hydrogen-bond acceptors (Lipinski definition) is 5. The van der Waals surface area contributed by atoms with Crippen LogP contribution in [-0.2, 0) is 20.7 Å². The Balaban J connectivity index is 2.09. The second-order valence-electron chi connectivity index (χ2n) is 8.11. The van der Waals surface area contributed by atoms with Crippen LogP contribution in [0, 0.1) is 12.8 Å². The van der Waals surface area contributed by atoms with Crippen molar-refractivity contribution in [1.82, 2.24) is 5.32 Å². The van der Waals surface area contributed by atoms with E-state index in [1.165, 1.54) is 7.11 Å². The first-order chi connectivity index (χ1) is 15.1. The maximum Gasteiger partial charge on any atom is 0.328 e. The van der Waals surface area contributed by atoms with Gasteiger partial charge in [0.2, 0.25) is 5.91 Å². The zero-order valence-electron chi connectivity index (χ0n) is 18.8. The third-order valence-corrected chi connectivity index (χ3v) is 5.28. The number of amides is 2. The smallest absolute Gasteiger partial charge is 0.328 e. The second kappa shape index (κ2) is 11.6. The first-order valence-electron chi connectivity index (χ1n) is 10.4. The highest BCUT2D eigenvalue weighted by Crippen LogP contribution is 2.20. The molecule has 0 aliphatic rings. The topological polar surface area (TPSA) is 111 Å². The molecule has 32 heavy (non-hydrogen) atoms. The van der Waals surface area contributed by atoms with Gasteiger partial charge < -0.3 is 21.1 Å². The van der Waals surface area contributed by atoms with Crippen molar-refractivity contribution in [2.45, 2.75) is 45.7 Å². The normalized spacial score (nSPS) is 12.7. The molecule has 172 valence electrons. The van der Waals surface area contributed by atoms with E-state index in [9.17, 15) is 14.4 Å². The van der Waals surface area contributed by atoms with E-state index in [2.05, 4.69) is 10.6 Å². The molecule has 0 saturated heterocycles. The Morgan fingerprint density at radius 1 is 1.09 bits per heavy atom. The highest BCUT2D eigenvalue weighted by atomic mass is 35.5. The molecule has 2 rings (SSSR count). The van der Waals surface area contributed by atoms with Crippen LogP contribution >= 0.6 is 11.6 Å². The third kappa shape index (κ3) is 7.07. The molecule has 0 aromatic heterocycles. The summed E-state index contributed by atoms with van der Waals surface area (Å²) in [5.74, 6) is -0.953. The van der Waals surface area contributed by atoms with Crippen LogP contribution in [0.15, 0.2) is 42.5 Å². The molecule has 0 fully saturated rings. The molecule has 4 N–H and O–H groups in total. The fourth-order valence-corrected chi connectivity index (χ4v) is 3.60. The number of halogens is 1. The number of nitrogens with two attached hydrogens (primary N) is 1. The Morgan fingerprint density at radius 3 is 2.31 bits per heavy atom. The number of rotatable bonds is 9. The molecule has 0 unspecified atom stereocenters. The largest absolute Gasteiger partial charge is 0.467 e. The van der Waals surface area contributed by atoms with Crippen molar-refractivity contribution in [3.05, 3.63) is 64.2 Å². The van der Waals surface area contributed by atoms with Gasteiger partial charge in [0, 0.05) is 12.1 Å². The summed E-state index contributed by atoms with van der Waals surface area (Å²) in [4.78, 5) is 37.2.